The van der Waals surface area contributed by atoms with E-state index in [1.165, 1.54) is 0 Å². The number of aromatic nitrogens is 4. The number of benzene rings is 1. The minimum atomic E-state index is -0.164. The number of halogens is 1. The van der Waals surface area contributed by atoms with Gasteiger partial charge in [0.2, 0.25) is 0 Å². The van der Waals surface area contributed by atoms with E-state index in [1.807, 2.05) is 41.3 Å². The second-order valence-electron chi connectivity index (χ2n) is 8.52. The Morgan fingerprint density at radius 1 is 1.22 bits per heavy atom. The van der Waals surface area contributed by atoms with Gasteiger partial charge in [0.05, 0.1) is 36.2 Å². The third-order valence-electron chi connectivity index (χ3n) is 6.42. The molecule has 1 amide bonds. The van der Waals surface area contributed by atoms with Crippen LogP contribution in [0.4, 0.5) is 5.82 Å². The average molecular weight is 449 g/mol. The zero-order chi connectivity index (χ0) is 22.1. The van der Waals surface area contributed by atoms with Crippen LogP contribution in [0.5, 0.6) is 0 Å². The lowest BCUT2D eigenvalue weighted by molar-refractivity contribution is -0.0938. The molecule has 162 valence electrons. The summed E-state index contributed by atoms with van der Waals surface area (Å²) in [6.45, 7) is 4.37. The summed E-state index contributed by atoms with van der Waals surface area (Å²) in [6, 6.07) is 7.45. The summed E-state index contributed by atoms with van der Waals surface area (Å²) in [5.41, 5.74) is 10.7. The lowest BCUT2D eigenvalue weighted by atomic mass is 10.0. The monoisotopic (exact) mass is 448 g/mol. The van der Waals surface area contributed by atoms with Crippen LogP contribution in [0.15, 0.2) is 36.7 Å². The van der Waals surface area contributed by atoms with Crippen LogP contribution in [0.3, 0.4) is 0 Å². The maximum atomic E-state index is 13.7. The fraction of sp³-hybridized carbons (Fsp3) is 0.304. The molecule has 1 aromatic carbocycles. The molecule has 1 aliphatic heterocycles. The van der Waals surface area contributed by atoms with E-state index in [-0.39, 0.29) is 24.2 Å². The Bertz CT molecular complexity index is 1420. The number of anilines is 1. The number of aryl methyl sites for hydroxylation is 1. The summed E-state index contributed by atoms with van der Waals surface area (Å²) in [5, 5.41) is 0.691. The zero-order valence-corrected chi connectivity index (χ0v) is 18.4. The molecule has 32 heavy (non-hydrogen) atoms. The van der Waals surface area contributed by atoms with Crippen molar-refractivity contribution in [3.63, 3.8) is 0 Å². The molecule has 2 aliphatic rings. The molecule has 1 fully saturated rings. The van der Waals surface area contributed by atoms with Crippen LogP contribution in [0, 0.1) is 6.92 Å². The lowest BCUT2D eigenvalue weighted by Crippen LogP contribution is -2.50. The van der Waals surface area contributed by atoms with Crippen LogP contribution in [0.1, 0.15) is 40.4 Å². The van der Waals surface area contributed by atoms with Gasteiger partial charge >= 0.3 is 0 Å². The quantitative estimate of drug-likeness (QED) is 0.479. The average Bonchev–Trinajstić information content (AvgIpc) is 3.33. The summed E-state index contributed by atoms with van der Waals surface area (Å²) in [6.07, 6.45) is 3.85. The highest BCUT2D eigenvalue weighted by Gasteiger charge is 2.44. The van der Waals surface area contributed by atoms with Crippen LogP contribution in [0.25, 0.3) is 16.6 Å². The number of rotatable bonds is 1. The number of ether oxygens (including phenoxy) is 1. The number of imidazole rings is 1. The first-order valence-electron chi connectivity index (χ1n) is 10.5. The van der Waals surface area contributed by atoms with E-state index in [0.717, 1.165) is 28.9 Å². The van der Waals surface area contributed by atoms with Crippen molar-refractivity contribution in [2.24, 2.45) is 0 Å². The van der Waals surface area contributed by atoms with Crippen LogP contribution >= 0.6 is 11.6 Å². The van der Waals surface area contributed by atoms with E-state index >= 15 is 0 Å². The van der Waals surface area contributed by atoms with Crippen LogP contribution < -0.4 is 5.73 Å². The summed E-state index contributed by atoms with van der Waals surface area (Å²) < 4.78 is 8.11. The highest BCUT2D eigenvalue weighted by molar-refractivity contribution is 6.30. The summed E-state index contributed by atoms with van der Waals surface area (Å²) in [7, 11) is 0. The molecule has 1 aliphatic carbocycles. The molecular formula is C23H21ClN6O2. The van der Waals surface area contributed by atoms with Gasteiger partial charge < -0.3 is 15.4 Å². The van der Waals surface area contributed by atoms with Crippen LogP contribution in [-0.2, 0) is 11.2 Å². The van der Waals surface area contributed by atoms with Crippen molar-refractivity contribution in [1.29, 1.82) is 0 Å². The topological polar surface area (TPSA) is 98.6 Å². The van der Waals surface area contributed by atoms with Crippen molar-refractivity contribution in [1.82, 2.24) is 24.3 Å². The number of carbonyl (C=O) groups is 1. The predicted octanol–water partition coefficient (Wildman–Crippen LogP) is 3.35. The number of carbonyl (C=O) groups excluding carboxylic acids is 1. The van der Waals surface area contributed by atoms with E-state index < -0.39 is 0 Å². The van der Waals surface area contributed by atoms with E-state index in [2.05, 4.69) is 15.0 Å². The van der Waals surface area contributed by atoms with Gasteiger partial charge in [-0.05, 0) is 43.2 Å². The van der Waals surface area contributed by atoms with Crippen molar-refractivity contribution < 1.29 is 9.53 Å². The van der Waals surface area contributed by atoms with Gasteiger partial charge in [0.25, 0.3) is 5.91 Å². The number of nitrogen functional groups attached to an aromatic ring is 1. The Hall–Kier alpha value is -3.23. The fourth-order valence-corrected chi connectivity index (χ4v) is 5.28. The Balaban J connectivity index is 1.46. The summed E-state index contributed by atoms with van der Waals surface area (Å²) >= 11 is 6.21. The van der Waals surface area contributed by atoms with Gasteiger partial charge in [0, 0.05) is 18.0 Å². The third kappa shape index (κ3) is 2.79. The first-order valence-corrected chi connectivity index (χ1v) is 10.9. The van der Waals surface area contributed by atoms with Crippen molar-refractivity contribution in [3.05, 3.63) is 64.3 Å². The van der Waals surface area contributed by atoms with E-state index in [4.69, 9.17) is 22.1 Å². The standard InChI is InChI=1S/C23H21ClN6O2/c1-11-10-29(21-15-4-3-14(24)5-13(15)6-20(21)32-11)23(31)16-7-18-17(8-27-16)28-22(25)19-9-26-12(2)30(18)19/h3-5,7-9,11,20-21H,6,10H2,1-2H3,(H2,25,28)/t11-,20+,21-/m0/s1. The number of morpholine rings is 1. The van der Waals surface area contributed by atoms with Crippen molar-refractivity contribution in [2.45, 2.75) is 38.5 Å². The second-order valence-corrected chi connectivity index (χ2v) is 8.95. The van der Waals surface area contributed by atoms with Crippen molar-refractivity contribution >= 4 is 39.9 Å². The number of nitrogens with two attached hydrogens (primary N) is 1. The molecule has 4 aromatic rings. The Morgan fingerprint density at radius 2 is 2.06 bits per heavy atom. The molecule has 3 aromatic heterocycles. The first-order chi connectivity index (χ1) is 15.4. The first kappa shape index (κ1) is 19.5. The molecule has 1 saturated heterocycles. The van der Waals surface area contributed by atoms with Gasteiger partial charge in [-0.25, -0.2) is 15.0 Å². The molecule has 0 spiro atoms. The molecule has 2 N–H and O–H groups in total. The van der Waals surface area contributed by atoms with Gasteiger partial charge in [0.15, 0.2) is 0 Å². The number of nitrogens with zero attached hydrogens (tertiary/aromatic N) is 5. The number of fused-ring (bicyclic) bond motifs is 6. The van der Waals surface area contributed by atoms with E-state index in [1.54, 1.807) is 18.5 Å². The molecule has 8 nitrogen and oxygen atoms in total. The lowest BCUT2D eigenvalue weighted by Gasteiger charge is -2.41. The van der Waals surface area contributed by atoms with E-state index in [9.17, 15) is 4.79 Å². The fourth-order valence-electron chi connectivity index (χ4n) is 5.08. The Morgan fingerprint density at radius 3 is 2.91 bits per heavy atom. The summed E-state index contributed by atoms with van der Waals surface area (Å²) in [5.74, 6) is 1.01. The largest absolute Gasteiger partial charge is 0.382 e. The minimum absolute atomic E-state index is 0.0745. The molecule has 0 radical (unpaired) electrons. The number of hydrogen-bond acceptors (Lipinski definition) is 6. The van der Waals surface area contributed by atoms with Crippen molar-refractivity contribution in [3.8, 4) is 0 Å². The molecule has 0 unspecified atom stereocenters. The molecule has 0 bridgehead atoms. The van der Waals surface area contributed by atoms with Gasteiger partial charge in [-0.15, -0.1) is 0 Å². The predicted molar refractivity (Wildman–Crippen MR) is 121 cm³/mol. The van der Waals surface area contributed by atoms with Gasteiger partial charge in [-0.3, -0.25) is 9.20 Å². The molecule has 9 heteroatoms. The van der Waals surface area contributed by atoms with Gasteiger partial charge in [-0.1, -0.05) is 17.7 Å². The zero-order valence-electron chi connectivity index (χ0n) is 17.6. The molecular weight excluding hydrogens is 428 g/mol. The van der Waals surface area contributed by atoms with Crippen LogP contribution in [0.2, 0.25) is 5.02 Å². The Labute approximate surface area is 189 Å². The molecule has 0 saturated carbocycles. The maximum Gasteiger partial charge on any atom is 0.273 e. The number of hydrogen-bond donors (Lipinski definition) is 1. The highest BCUT2D eigenvalue weighted by atomic mass is 35.5. The third-order valence-corrected chi connectivity index (χ3v) is 6.65. The Kier molecular flexibility index (Phi) is 4.18. The second kappa shape index (κ2) is 6.88. The number of pyridine rings is 1. The van der Waals surface area contributed by atoms with Gasteiger partial charge in [-0.2, -0.15) is 0 Å². The normalized spacial score (nSPS) is 22.3. The molecule has 3 atom stereocenters. The maximum absolute atomic E-state index is 13.7. The highest BCUT2D eigenvalue weighted by Crippen LogP contribution is 2.42. The van der Waals surface area contributed by atoms with Crippen LogP contribution in [-0.4, -0.2) is 48.9 Å². The van der Waals surface area contributed by atoms with Gasteiger partial charge in [0.1, 0.15) is 28.4 Å². The minimum Gasteiger partial charge on any atom is -0.382 e. The summed E-state index contributed by atoms with van der Waals surface area (Å²) in [4.78, 5) is 28.9. The van der Waals surface area contributed by atoms with E-state index in [0.29, 0.717) is 34.1 Å². The molecule has 4 heterocycles. The molecule has 6 rings (SSSR count). The van der Waals surface area contributed by atoms with Crippen molar-refractivity contribution in [2.75, 3.05) is 12.3 Å². The smallest absolute Gasteiger partial charge is 0.273 e. The SMILES string of the molecule is Cc1ncc2c(N)nc3cnc(C(=O)N4C[C@H](C)O[C@@H]5Cc6cc(Cl)ccc6[C@@H]54)cc3n12. The number of amides is 1.